The molecule has 0 spiro atoms. The molecule has 1 aromatic heterocycles. The molecule has 0 aliphatic carbocycles. The topological polar surface area (TPSA) is 64.2 Å². The highest BCUT2D eigenvalue weighted by atomic mass is 35.5. The van der Waals surface area contributed by atoms with Gasteiger partial charge in [-0.3, -0.25) is 9.36 Å². The summed E-state index contributed by atoms with van der Waals surface area (Å²) in [6, 6.07) is 5.58. The van der Waals surface area contributed by atoms with Crippen LogP contribution in [0.3, 0.4) is 0 Å². The predicted molar refractivity (Wildman–Crippen MR) is 89.5 cm³/mol. The Morgan fingerprint density at radius 2 is 2.09 bits per heavy atom. The molecule has 0 amide bonds. The second-order valence-corrected chi connectivity index (χ2v) is 6.32. The average Bonchev–Trinajstić information content (AvgIpc) is 2.49. The van der Waals surface area contributed by atoms with Gasteiger partial charge in [0, 0.05) is 12.5 Å². The van der Waals surface area contributed by atoms with Crippen LogP contribution in [-0.4, -0.2) is 41.1 Å². The van der Waals surface area contributed by atoms with Crippen molar-refractivity contribution in [2.24, 2.45) is 5.73 Å². The van der Waals surface area contributed by atoms with Crippen LogP contribution in [0.4, 0.5) is 0 Å². The average molecular weight is 321 g/mol. The summed E-state index contributed by atoms with van der Waals surface area (Å²) >= 11 is 6.24. The Morgan fingerprint density at radius 3 is 2.77 bits per heavy atom. The molecule has 6 heteroatoms. The predicted octanol–water partition coefficient (Wildman–Crippen LogP) is 1.82. The van der Waals surface area contributed by atoms with E-state index >= 15 is 0 Å². The van der Waals surface area contributed by atoms with Crippen molar-refractivity contribution in [2.45, 2.75) is 25.3 Å². The van der Waals surface area contributed by atoms with Crippen LogP contribution in [0.15, 0.2) is 23.0 Å². The molecule has 3 rings (SSSR count). The minimum atomic E-state index is -0.0337. The van der Waals surface area contributed by atoms with E-state index in [9.17, 15) is 4.79 Å². The molecule has 5 nitrogen and oxygen atoms in total. The number of nitrogens with zero attached hydrogens (tertiary/aromatic N) is 3. The minimum Gasteiger partial charge on any atom is -0.330 e. The van der Waals surface area contributed by atoms with E-state index in [2.05, 4.69) is 16.9 Å². The maximum atomic E-state index is 13.0. The van der Waals surface area contributed by atoms with Gasteiger partial charge in [-0.2, -0.15) is 0 Å². The zero-order valence-corrected chi connectivity index (χ0v) is 13.5. The Bertz CT molecular complexity index is 735. The Labute approximate surface area is 134 Å². The first-order valence-corrected chi connectivity index (χ1v) is 8.08. The van der Waals surface area contributed by atoms with Crippen molar-refractivity contribution in [1.82, 2.24) is 14.5 Å². The van der Waals surface area contributed by atoms with E-state index in [1.807, 2.05) is 16.7 Å². The number of rotatable bonds is 3. The normalized spacial score (nSPS) is 17.2. The Kier molecular flexibility index (Phi) is 4.47. The van der Waals surface area contributed by atoms with Gasteiger partial charge in [-0.25, -0.2) is 4.98 Å². The summed E-state index contributed by atoms with van der Waals surface area (Å²) in [5.41, 5.74) is 6.34. The van der Waals surface area contributed by atoms with E-state index in [4.69, 9.17) is 17.3 Å². The SMILES string of the molecule is CN1CCC(n2c(CCN)nc3cccc(Cl)c3c2=O)CC1. The van der Waals surface area contributed by atoms with Crippen LogP contribution in [-0.2, 0) is 6.42 Å². The number of hydrogen-bond donors (Lipinski definition) is 1. The molecule has 0 radical (unpaired) electrons. The lowest BCUT2D eigenvalue weighted by atomic mass is 10.0. The maximum absolute atomic E-state index is 13.0. The zero-order valence-electron chi connectivity index (χ0n) is 12.8. The molecule has 118 valence electrons. The van der Waals surface area contributed by atoms with Gasteiger partial charge >= 0.3 is 0 Å². The van der Waals surface area contributed by atoms with Gasteiger partial charge in [-0.15, -0.1) is 0 Å². The van der Waals surface area contributed by atoms with Crippen molar-refractivity contribution in [3.8, 4) is 0 Å². The molecule has 1 fully saturated rings. The van der Waals surface area contributed by atoms with Crippen LogP contribution in [0.1, 0.15) is 24.7 Å². The van der Waals surface area contributed by atoms with Gasteiger partial charge in [0.15, 0.2) is 0 Å². The number of benzene rings is 1. The minimum absolute atomic E-state index is 0.0337. The molecular formula is C16H21ClN4O. The van der Waals surface area contributed by atoms with E-state index in [0.29, 0.717) is 28.9 Å². The summed E-state index contributed by atoms with van der Waals surface area (Å²) in [5, 5.41) is 0.986. The fourth-order valence-electron chi connectivity index (χ4n) is 3.18. The lowest BCUT2D eigenvalue weighted by Gasteiger charge is -2.31. The lowest BCUT2D eigenvalue weighted by molar-refractivity contribution is 0.215. The van der Waals surface area contributed by atoms with Gasteiger partial charge in [0.25, 0.3) is 5.56 Å². The van der Waals surface area contributed by atoms with Crippen molar-refractivity contribution in [3.05, 3.63) is 39.4 Å². The molecule has 22 heavy (non-hydrogen) atoms. The fourth-order valence-corrected chi connectivity index (χ4v) is 3.43. The molecular weight excluding hydrogens is 300 g/mol. The summed E-state index contributed by atoms with van der Waals surface area (Å²) in [6.45, 7) is 2.45. The van der Waals surface area contributed by atoms with Crippen molar-refractivity contribution >= 4 is 22.5 Å². The third-order valence-corrected chi connectivity index (χ3v) is 4.69. The molecule has 1 aliphatic heterocycles. The summed E-state index contributed by atoms with van der Waals surface area (Å²) in [4.78, 5) is 20.0. The van der Waals surface area contributed by atoms with Crippen molar-refractivity contribution in [2.75, 3.05) is 26.7 Å². The van der Waals surface area contributed by atoms with E-state index in [1.54, 1.807) is 6.07 Å². The molecule has 0 saturated carbocycles. The molecule has 2 N–H and O–H groups in total. The highest BCUT2D eigenvalue weighted by Gasteiger charge is 2.23. The summed E-state index contributed by atoms with van der Waals surface area (Å²) in [6.07, 6.45) is 2.50. The summed E-state index contributed by atoms with van der Waals surface area (Å²) < 4.78 is 1.84. The molecule has 1 aromatic carbocycles. The second kappa shape index (κ2) is 6.36. The third kappa shape index (κ3) is 2.76. The van der Waals surface area contributed by atoms with Crippen molar-refractivity contribution in [3.63, 3.8) is 0 Å². The molecule has 0 bridgehead atoms. The van der Waals surface area contributed by atoms with Crippen molar-refractivity contribution < 1.29 is 0 Å². The van der Waals surface area contributed by atoms with E-state index in [1.165, 1.54) is 0 Å². The number of aromatic nitrogens is 2. The molecule has 2 heterocycles. The first-order chi connectivity index (χ1) is 10.6. The van der Waals surface area contributed by atoms with Crippen LogP contribution < -0.4 is 11.3 Å². The maximum Gasteiger partial charge on any atom is 0.263 e. The molecule has 0 atom stereocenters. The number of fused-ring (bicyclic) bond motifs is 1. The first-order valence-electron chi connectivity index (χ1n) is 7.70. The number of hydrogen-bond acceptors (Lipinski definition) is 4. The number of likely N-dealkylation sites (tertiary alicyclic amines) is 1. The van der Waals surface area contributed by atoms with Gasteiger partial charge < -0.3 is 10.6 Å². The molecule has 1 saturated heterocycles. The Balaban J connectivity index is 2.17. The van der Waals surface area contributed by atoms with E-state index in [0.717, 1.165) is 31.8 Å². The number of nitrogens with two attached hydrogens (primary N) is 1. The quantitative estimate of drug-likeness (QED) is 0.937. The fraction of sp³-hybridized carbons (Fsp3) is 0.500. The molecule has 1 aliphatic rings. The van der Waals surface area contributed by atoms with Gasteiger partial charge in [0.05, 0.1) is 15.9 Å². The van der Waals surface area contributed by atoms with Crippen LogP contribution in [0.25, 0.3) is 10.9 Å². The lowest BCUT2D eigenvalue weighted by Crippen LogP contribution is -2.37. The smallest absolute Gasteiger partial charge is 0.263 e. The third-order valence-electron chi connectivity index (χ3n) is 4.37. The second-order valence-electron chi connectivity index (χ2n) is 5.91. The standard InChI is InChI=1S/C16H21ClN4O/c1-20-9-6-11(7-10-20)21-14(5-8-18)19-13-4-2-3-12(17)15(13)16(21)22/h2-4,11H,5-10,18H2,1H3. The van der Waals surface area contributed by atoms with E-state index in [-0.39, 0.29) is 11.6 Å². The summed E-state index contributed by atoms with van der Waals surface area (Å²) in [5.74, 6) is 0.775. The largest absolute Gasteiger partial charge is 0.330 e. The first kappa shape index (κ1) is 15.5. The van der Waals surface area contributed by atoms with Crippen LogP contribution in [0.2, 0.25) is 5.02 Å². The van der Waals surface area contributed by atoms with Crippen LogP contribution >= 0.6 is 11.6 Å². The van der Waals surface area contributed by atoms with Gasteiger partial charge in [0.2, 0.25) is 0 Å². The monoisotopic (exact) mass is 320 g/mol. The number of piperidine rings is 1. The van der Waals surface area contributed by atoms with E-state index < -0.39 is 0 Å². The van der Waals surface area contributed by atoms with Gasteiger partial charge in [-0.05, 0) is 51.7 Å². The van der Waals surface area contributed by atoms with Crippen molar-refractivity contribution in [1.29, 1.82) is 0 Å². The van der Waals surface area contributed by atoms with Crippen LogP contribution in [0.5, 0.6) is 0 Å². The summed E-state index contributed by atoms with van der Waals surface area (Å²) in [7, 11) is 2.11. The number of halogens is 1. The Hall–Kier alpha value is -1.43. The van der Waals surface area contributed by atoms with Crippen LogP contribution in [0, 0.1) is 0 Å². The highest BCUT2D eigenvalue weighted by Crippen LogP contribution is 2.25. The van der Waals surface area contributed by atoms with Gasteiger partial charge in [0.1, 0.15) is 5.82 Å². The van der Waals surface area contributed by atoms with Gasteiger partial charge in [-0.1, -0.05) is 17.7 Å². The highest BCUT2D eigenvalue weighted by molar-refractivity contribution is 6.35. The molecule has 0 unspecified atom stereocenters. The molecule has 2 aromatic rings. The zero-order chi connectivity index (χ0) is 15.7. The Morgan fingerprint density at radius 1 is 1.36 bits per heavy atom.